The Morgan fingerprint density at radius 3 is 2.58 bits per heavy atom. The number of likely N-dealkylation sites (tertiary alicyclic amines) is 1. The monoisotopic (exact) mass is 334 g/mol. The van der Waals surface area contributed by atoms with Crippen LogP contribution in [-0.4, -0.2) is 62.3 Å². The van der Waals surface area contributed by atoms with Crippen molar-refractivity contribution in [1.82, 2.24) is 4.90 Å². The average molecular weight is 334 g/mol. The van der Waals surface area contributed by atoms with Gasteiger partial charge in [0.2, 0.25) is 0 Å². The summed E-state index contributed by atoms with van der Waals surface area (Å²) in [5, 5.41) is 0. The standard InChI is InChI=1S/C18H26N2O4/c1-18(2,3)24-17(21)20-11-14(16(12-20)23-5)19-10-13-8-6-7-9-15(13)22-4/h6-10,14,16H,11-12H2,1-5H3/t14-,16-/m0/s1. The maximum absolute atomic E-state index is 12.2. The molecule has 0 radical (unpaired) electrons. The number of methoxy groups -OCH3 is 2. The Kier molecular flexibility index (Phi) is 5.83. The van der Waals surface area contributed by atoms with Crippen molar-refractivity contribution in [3.63, 3.8) is 0 Å². The molecule has 1 fully saturated rings. The van der Waals surface area contributed by atoms with Crippen molar-refractivity contribution < 1.29 is 19.0 Å². The van der Waals surface area contributed by atoms with Crippen LogP contribution in [0.1, 0.15) is 26.3 Å². The number of benzene rings is 1. The molecular weight excluding hydrogens is 308 g/mol. The molecule has 2 rings (SSSR count). The summed E-state index contributed by atoms with van der Waals surface area (Å²) in [6.07, 6.45) is 1.29. The quantitative estimate of drug-likeness (QED) is 0.795. The summed E-state index contributed by atoms with van der Waals surface area (Å²) in [5.41, 5.74) is 0.379. The maximum atomic E-state index is 12.2. The molecule has 1 aliphatic rings. The first-order valence-electron chi connectivity index (χ1n) is 8.01. The van der Waals surface area contributed by atoms with Crippen molar-refractivity contribution >= 4 is 12.3 Å². The minimum Gasteiger partial charge on any atom is -0.496 e. The van der Waals surface area contributed by atoms with Gasteiger partial charge in [-0.25, -0.2) is 4.79 Å². The van der Waals surface area contributed by atoms with E-state index in [4.69, 9.17) is 14.2 Å². The topological polar surface area (TPSA) is 60.4 Å². The molecular formula is C18H26N2O4. The zero-order chi connectivity index (χ0) is 17.7. The van der Waals surface area contributed by atoms with Gasteiger partial charge in [0.1, 0.15) is 11.4 Å². The lowest BCUT2D eigenvalue weighted by molar-refractivity contribution is 0.0252. The van der Waals surface area contributed by atoms with E-state index in [0.29, 0.717) is 13.1 Å². The Morgan fingerprint density at radius 1 is 1.25 bits per heavy atom. The first kappa shape index (κ1) is 18.3. The number of rotatable bonds is 4. The Bertz CT molecular complexity index is 595. The van der Waals surface area contributed by atoms with Gasteiger partial charge in [-0.1, -0.05) is 12.1 Å². The van der Waals surface area contributed by atoms with E-state index in [9.17, 15) is 4.79 Å². The summed E-state index contributed by atoms with van der Waals surface area (Å²) in [6.45, 7) is 6.50. The number of aliphatic imine (C=N–C) groups is 1. The summed E-state index contributed by atoms with van der Waals surface area (Å²) >= 11 is 0. The molecule has 1 aromatic carbocycles. The van der Waals surface area contributed by atoms with Crippen molar-refractivity contribution in [1.29, 1.82) is 0 Å². The van der Waals surface area contributed by atoms with Gasteiger partial charge >= 0.3 is 6.09 Å². The molecule has 0 aromatic heterocycles. The van der Waals surface area contributed by atoms with Gasteiger partial charge in [0.15, 0.2) is 0 Å². The van der Waals surface area contributed by atoms with E-state index in [1.807, 2.05) is 45.0 Å². The number of ether oxygens (including phenoxy) is 3. The third kappa shape index (κ3) is 4.71. The van der Waals surface area contributed by atoms with Crippen LogP contribution in [0, 0.1) is 0 Å². The van der Waals surface area contributed by atoms with Gasteiger partial charge < -0.3 is 19.1 Å². The zero-order valence-corrected chi connectivity index (χ0v) is 15.0. The molecule has 1 heterocycles. The number of amides is 1. The normalized spacial score (nSPS) is 21.3. The van der Waals surface area contributed by atoms with Crippen LogP contribution in [0.3, 0.4) is 0 Å². The van der Waals surface area contributed by atoms with Crippen molar-refractivity contribution in [3.8, 4) is 5.75 Å². The van der Waals surface area contributed by atoms with E-state index < -0.39 is 5.60 Å². The second-order valence-corrected chi connectivity index (χ2v) is 6.75. The highest BCUT2D eigenvalue weighted by molar-refractivity contribution is 5.83. The van der Waals surface area contributed by atoms with Crippen LogP contribution in [0.15, 0.2) is 29.3 Å². The number of carbonyl (C=O) groups is 1. The number of nitrogens with zero attached hydrogens (tertiary/aromatic N) is 2. The molecule has 0 N–H and O–H groups in total. The predicted octanol–water partition coefficient (Wildman–Crippen LogP) is 2.75. The van der Waals surface area contributed by atoms with Crippen molar-refractivity contribution in [3.05, 3.63) is 29.8 Å². The fraction of sp³-hybridized carbons (Fsp3) is 0.556. The molecule has 1 amide bonds. The number of hydrogen-bond acceptors (Lipinski definition) is 5. The van der Waals surface area contributed by atoms with Gasteiger partial charge in [-0.05, 0) is 32.9 Å². The molecule has 0 saturated carbocycles. The highest BCUT2D eigenvalue weighted by atomic mass is 16.6. The molecule has 0 spiro atoms. The van der Waals surface area contributed by atoms with Gasteiger partial charge in [-0.2, -0.15) is 0 Å². The molecule has 1 saturated heterocycles. The summed E-state index contributed by atoms with van der Waals surface area (Å²) in [4.78, 5) is 18.5. The van der Waals surface area contributed by atoms with E-state index in [1.54, 1.807) is 25.3 Å². The fourth-order valence-electron chi connectivity index (χ4n) is 2.56. The lowest BCUT2D eigenvalue weighted by Gasteiger charge is -2.24. The first-order chi connectivity index (χ1) is 11.3. The van der Waals surface area contributed by atoms with Crippen LogP contribution in [-0.2, 0) is 9.47 Å². The summed E-state index contributed by atoms with van der Waals surface area (Å²) < 4.78 is 16.2. The largest absolute Gasteiger partial charge is 0.496 e. The van der Waals surface area contributed by atoms with Crippen LogP contribution < -0.4 is 4.74 Å². The van der Waals surface area contributed by atoms with E-state index in [-0.39, 0.29) is 18.2 Å². The number of para-hydroxylation sites is 1. The van der Waals surface area contributed by atoms with Crippen molar-refractivity contribution in [2.75, 3.05) is 27.3 Å². The predicted molar refractivity (Wildman–Crippen MR) is 93.0 cm³/mol. The van der Waals surface area contributed by atoms with Crippen LogP contribution in [0.25, 0.3) is 0 Å². The molecule has 6 heteroatoms. The second kappa shape index (κ2) is 7.66. The molecule has 2 atom stereocenters. The fourth-order valence-corrected chi connectivity index (χ4v) is 2.56. The average Bonchev–Trinajstić information content (AvgIpc) is 2.95. The lowest BCUT2D eigenvalue weighted by atomic mass is 10.2. The van der Waals surface area contributed by atoms with Crippen molar-refractivity contribution in [2.24, 2.45) is 4.99 Å². The van der Waals surface area contributed by atoms with E-state index in [2.05, 4.69) is 4.99 Å². The molecule has 1 aliphatic heterocycles. The Morgan fingerprint density at radius 2 is 1.96 bits per heavy atom. The minimum atomic E-state index is -0.515. The van der Waals surface area contributed by atoms with E-state index in [0.717, 1.165) is 11.3 Å². The van der Waals surface area contributed by atoms with Gasteiger partial charge in [-0.15, -0.1) is 0 Å². The van der Waals surface area contributed by atoms with Crippen molar-refractivity contribution in [2.45, 2.75) is 38.5 Å². The van der Waals surface area contributed by atoms with E-state index >= 15 is 0 Å². The number of carbonyl (C=O) groups excluding carboxylic acids is 1. The Balaban J connectivity index is 2.07. The molecule has 132 valence electrons. The minimum absolute atomic E-state index is 0.132. The van der Waals surface area contributed by atoms with Crippen LogP contribution >= 0.6 is 0 Å². The molecule has 0 unspecified atom stereocenters. The summed E-state index contributed by atoms with van der Waals surface area (Å²) in [5.74, 6) is 0.761. The molecule has 0 aliphatic carbocycles. The van der Waals surface area contributed by atoms with Crippen LogP contribution in [0.5, 0.6) is 5.75 Å². The summed E-state index contributed by atoms with van der Waals surface area (Å²) in [6, 6.07) is 7.53. The second-order valence-electron chi connectivity index (χ2n) is 6.75. The summed E-state index contributed by atoms with van der Waals surface area (Å²) in [7, 11) is 3.26. The third-order valence-electron chi connectivity index (χ3n) is 3.74. The molecule has 0 bridgehead atoms. The van der Waals surface area contributed by atoms with E-state index in [1.165, 1.54) is 0 Å². The highest BCUT2D eigenvalue weighted by Gasteiger charge is 2.37. The first-order valence-corrected chi connectivity index (χ1v) is 8.01. The number of hydrogen-bond donors (Lipinski definition) is 0. The van der Waals surface area contributed by atoms with Gasteiger partial charge in [0.25, 0.3) is 0 Å². The molecule has 1 aromatic rings. The van der Waals surface area contributed by atoms with Crippen LogP contribution in [0.4, 0.5) is 4.79 Å². The van der Waals surface area contributed by atoms with Gasteiger partial charge in [-0.3, -0.25) is 4.99 Å². The zero-order valence-electron chi connectivity index (χ0n) is 15.0. The van der Waals surface area contributed by atoms with Crippen LogP contribution in [0.2, 0.25) is 0 Å². The smallest absolute Gasteiger partial charge is 0.410 e. The Hall–Kier alpha value is -2.08. The third-order valence-corrected chi connectivity index (χ3v) is 3.74. The maximum Gasteiger partial charge on any atom is 0.410 e. The highest BCUT2D eigenvalue weighted by Crippen LogP contribution is 2.21. The Labute approximate surface area is 143 Å². The molecule has 24 heavy (non-hydrogen) atoms. The van der Waals surface area contributed by atoms with Gasteiger partial charge in [0.05, 0.1) is 25.8 Å². The SMILES string of the molecule is COc1ccccc1C=N[C@H]1CN(C(=O)OC(C)(C)C)C[C@@H]1OC. The molecule has 6 nitrogen and oxygen atoms in total. The van der Waals surface area contributed by atoms with Gasteiger partial charge in [0, 0.05) is 25.4 Å². The lowest BCUT2D eigenvalue weighted by Crippen LogP contribution is -2.36.